The topological polar surface area (TPSA) is 56.7 Å². The van der Waals surface area contributed by atoms with Gasteiger partial charge >= 0.3 is 6.09 Å². The number of hydrogen-bond donors (Lipinski definition) is 1. The average molecular weight is 225 g/mol. The number of carboxylic acid groups (broad SMARTS) is 1. The van der Waals surface area contributed by atoms with Crippen LogP contribution < -0.4 is 4.90 Å². The average Bonchev–Trinajstić information content (AvgIpc) is 2.30. The van der Waals surface area contributed by atoms with E-state index in [9.17, 15) is 9.18 Å². The van der Waals surface area contributed by atoms with E-state index in [1.165, 1.54) is 17.2 Å². The summed E-state index contributed by atoms with van der Waals surface area (Å²) in [7, 11) is 0. The van der Waals surface area contributed by atoms with Gasteiger partial charge in [0, 0.05) is 26.2 Å². The Morgan fingerprint density at radius 2 is 2.00 bits per heavy atom. The highest BCUT2D eigenvalue weighted by molar-refractivity contribution is 5.65. The van der Waals surface area contributed by atoms with Crippen molar-refractivity contribution in [2.45, 2.75) is 0 Å². The largest absolute Gasteiger partial charge is 0.465 e. The lowest BCUT2D eigenvalue weighted by Crippen LogP contribution is -2.48. The van der Waals surface area contributed by atoms with Crippen LogP contribution in [0, 0.1) is 5.95 Å². The van der Waals surface area contributed by atoms with E-state index in [1.54, 1.807) is 6.07 Å². The zero-order valence-electron chi connectivity index (χ0n) is 8.64. The molecule has 1 saturated heterocycles. The predicted molar refractivity (Wildman–Crippen MR) is 56.0 cm³/mol. The molecular formula is C10H12FN3O2. The van der Waals surface area contributed by atoms with Crippen LogP contribution in [-0.2, 0) is 0 Å². The number of halogens is 1. The van der Waals surface area contributed by atoms with Crippen molar-refractivity contribution in [2.75, 3.05) is 31.1 Å². The Labute approximate surface area is 92.1 Å². The fourth-order valence-corrected chi connectivity index (χ4v) is 1.71. The third-order valence-corrected chi connectivity index (χ3v) is 2.63. The van der Waals surface area contributed by atoms with E-state index < -0.39 is 12.0 Å². The maximum absolute atomic E-state index is 12.6. The van der Waals surface area contributed by atoms with Gasteiger partial charge in [-0.3, -0.25) is 0 Å². The second-order valence-electron chi connectivity index (χ2n) is 3.60. The summed E-state index contributed by atoms with van der Waals surface area (Å²) in [6.45, 7) is 2.15. The van der Waals surface area contributed by atoms with Crippen LogP contribution in [0.1, 0.15) is 0 Å². The molecule has 1 amide bonds. The minimum absolute atomic E-state index is 0.465. The highest BCUT2D eigenvalue weighted by Gasteiger charge is 2.20. The van der Waals surface area contributed by atoms with Crippen LogP contribution in [0.25, 0.3) is 0 Å². The van der Waals surface area contributed by atoms with Crippen LogP contribution in [-0.4, -0.2) is 47.3 Å². The molecular weight excluding hydrogens is 213 g/mol. The summed E-state index contributed by atoms with van der Waals surface area (Å²) in [6.07, 6.45) is 0.572. The first-order chi connectivity index (χ1) is 7.66. The fourth-order valence-electron chi connectivity index (χ4n) is 1.71. The van der Waals surface area contributed by atoms with E-state index >= 15 is 0 Å². The summed E-state index contributed by atoms with van der Waals surface area (Å²) in [5.74, 6) is -0.507. The molecule has 0 aromatic carbocycles. The molecule has 0 spiro atoms. The third kappa shape index (κ3) is 2.21. The van der Waals surface area contributed by atoms with Crippen LogP contribution in [0.2, 0.25) is 0 Å². The molecule has 0 atom stereocenters. The molecule has 1 N–H and O–H groups in total. The summed E-state index contributed by atoms with van der Waals surface area (Å²) in [6, 6.07) is 2.96. The number of hydrogen-bond acceptors (Lipinski definition) is 3. The fraction of sp³-hybridized carbons (Fsp3) is 0.400. The Balaban J connectivity index is 1.99. The third-order valence-electron chi connectivity index (χ3n) is 2.63. The van der Waals surface area contributed by atoms with Gasteiger partial charge in [-0.1, -0.05) is 0 Å². The molecule has 5 nitrogen and oxygen atoms in total. The summed E-state index contributed by atoms with van der Waals surface area (Å²) in [4.78, 5) is 17.6. The van der Waals surface area contributed by atoms with Gasteiger partial charge in [0.05, 0.1) is 11.9 Å². The van der Waals surface area contributed by atoms with Crippen molar-refractivity contribution >= 4 is 11.8 Å². The Bertz CT molecular complexity index is 374. The Hall–Kier alpha value is -1.85. The SMILES string of the molecule is O=C(O)N1CCN(c2ccc(F)nc2)CC1. The zero-order valence-corrected chi connectivity index (χ0v) is 8.64. The molecule has 0 radical (unpaired) electrons. The van der Waals surface area contributed by atoms with Gasteiger partial charge in [0.1, 0.15) is 0 Å². The van der Waals surface area contributed by atoms with Gasteiger partial charge in [-0.2, -0.15) is 4.39 Å². The molecule has 0 aliphatic carbocycles. The van der Waals surface area contributed by atoms with Gasteiger partial charge in [0.15, 0.2) is 0 Å². The number of anilines is 1. The molecule has 16 heavy (non-hydrogen) atoms. The van der Waals surface area contributed by atoms with Crippen molar-refractivity contribution in [3.63, 3.8) is 0 Å². The molecule has 1 aliphatic rings. The maximum Gasteiger partial charge on any atom is 0.407 e. The van der Waals surface area contributed by atoms with Crippen LogP contribution >= 0.6 is 0 Å². The van der Waals surface area contributed by atoms with Gasteiger partial charge in [-0.05, 0) is 12.1 Å². The molecule has 1 fully saturated rings. The molecule has 86 valence electrons. The number of piperazine rings is 1. The van der Waals surface area contributed by atoms with Crippen LogP contribution in [0.4, 0.5) is 14.9 Å². The molecule has 0 saturated carbocycles. The summed E-state index contributed by atoms with van der Waals surface area (Å²) in [5, 5.41) is 8.78. The van der Waals surface area contributed by atoms with Crippen molar-refractivity contribution in [2.24, 2.45) is 0 Å². The smallest absolute Gasteiger partial charge is 0.407 e. The predicted octanol–water partition coefficient (Wildman–Crippen LogP) is 1.02. The van der Waals surface area contributed by atoms with Crippen LogP contribution in [0.3, 0.4) is 0 Å². The van der Waals surface area contributed by atoms with Crippen molar-refractivity contribution in [1.82, 2.24) is 9.88 Å². The monoisotopic (exact) mass is 225 g/mol. The van der Waals surface area contributed by atoms with E-state index in [0.29, 0.717) is 26.2 Å². The Morgan fingerprint density at radius 3 is 2.50 bits per heavy atom. The minimum Gasteiger partial charge on any atom is -0.465 e. The van der Waals surface area contributed by atoms with Crippen molar-refractivity contribution in [1.29, 1.82) is 0 Å². The standard InChI is InChI=1S/C10H12FN3O2/c11-9-2-1-8(7-12-9)13-3-5-14(6-4-13)10(15)16/h1-2,7H,3-6H2,(H,15,16). The van der Waals surface area contributed by atoms with E-state index in [-0.39, 0.29) is 0 Å². The first-order valence-electron chi connectivity index (χ1n) is 5.01. The first-order valence-corrected chi connectivity index (χ1v) is 5.01. The van der Waals surface area contributed by atoms with Crippen LogP contribution in [0.5, 0.6) is 0 Å². The van der Waals surface area contributed by atoms with Crippen molar-refractivity contribution < 1.29 is 14.3 Å². The quantitative estimate of drug-likeness (QED) is 0.725. The lowest BCUT2D eigenvalue weighted by molar-refractivity contribution is 0.142. The number of pyridine rings is 1. The van der Waals surface area contributed by atoms with Gasteiger partial charge in [0.25, 0.3) is 0 Å². The van der Waals surface area contributed by atoms with Crippen molar-refractivity contribution in [3.05, 3.63) is 24.3 Å². The number of rotatable bonds is 1. The van der Waals surface area contributed by atoms with E-state index in [1.807, 2.05) is 4.90 Å². The van der Waals surface area contributed by atoms with Gasteiger partial charge < -0.3 is 14.9 Å². The minimum atomic E-state index is -0.892. The Kier molecular flexibility index (Phi) is 2.89. The highest BCUT2D eigenvalue weighted by Crippen LogP contribution is 2.15. The number of amides is 1. The van der Waals surface area contributed by atoms with E-state index in [2.05, 4.69) is 4.98 Å². The van der Waals surface area contributed by atoms with Gasteiger partial charge in [-0.25, -0.2) is 9.78 Å². The maximum atomic E-state index is 12.6. The normalized spacial score (nSPS) is 16.3. The first kappa shape index (κ1) is 10.7. The van der Waals surface area contributed by atoms with Crippen molar-refractivity contribution in [3.8, 4) is 0 Å². The second-order valence-corrected chi connectivity index (χ2v) is 3.60. The van der Waals surface area contributed by atoms with E-state index in [4.69, 9.17) is 5.11 Å². The molecule has 0 unspecified atom stereocenters. The molecule has 6 heteroatoms. The molecule has 2 rings (SSSR count). The summed E-state index contributed by atoms with van der Waals surface area (Å²) < 4.78 is 12.6. The number of carbonyl (C=O) groups is 1. The zero-order chi connectivity index (χ0) is 11.5. The second kappa shape index (κ2) is 4.34. The highest BCUT2D eigenvalue weighted by atomic mass is 19.1. The van der Waals surface area contributed by atoms with Gasteiger partial charge in [0.2, 0.25) is 5.95 Å². The summed E-state index contributed by atoms with van der Waals surface area (Å²) >= 11 is 0. The number of aromatic nitrogens is 1. The molecule has 2 heterocycles. The van der Waals surface area contributed by atoms with Crippen LogP contribution in [0.15, 0.2) is 18.3 Å². The summed E-state index contributed by atoms with van der Waals surface area (Å²) in [5.41, 5.74) is 0.825. The van der Waals surface area contributed by atoms with Gasteiger partial charge in [-0.15, -0.1) is 0 Å². The number of nitrogens with zero attached hydrogens (tertiary/aromatic N) is 3. The lowest BCUT2D eigenvalue weighted by Gasteiger charge is -2.34. The van der Waals surface area contributed by atoms with E-state index in [0.717, 1.165) is 5.69 Å². The molecule has 1 aromatic rings. The molecule has 1 aliphatic heterocycles. The lowest BCUT2D eigenvalue weighted by atomic mass is 10.3. The Morgan fingerprint density at radius 1 is 1.31 bits per heavy atom. The molecule has 1 aromatic heterocycles. The molecule has 0 bridgehead atoms.